The van der Waals surface area contributed by atoms with Gasteiger partial charge in [0.1, 0.15) is 0 Å². The van der Waals surface area contributed by atoms with E-state index in [9.17, 15) is 0 Å². The van der Waals surface area contributed by atoms with Crippen LogP contribution < -0.4 is 21.2 Å². The highest BCUT2D eigenvalue weighted by Gasteiger charge is 2.46. The third kappa shape index (κ3) is 6.58. The van der Waals surface area contributed by atoms with Crippen molar-refractivity contribution in [1.82, 2.24) is 9.16 Å². The van der Waals surface area contributed by atoms with Crippen LogP contribution in [0.1, 0.15) is 24.5 Å². The molecule has 6 rings (SSSR count). The summed E-state index contributed by atoms with van der Waals surface area (Å²) in [6.07, 6.45) is 2.90. The molecule has 44 heavy (non-hydrogen) atoms. The SMILES string of the molecule is C=CC/C(=C(\C)B1N(P(c2ccccc2)c2ccccc2)CCN1P(c1ccccc1)c1ccccc1)c1ccc(C)cc1. The summed E-state index contributed by atoms with van der Waals surface area (Å²) >= 11 is 0. The Labute approximate surface area is 266 Å². The molecule has 1 fully saturated rings. The van der Waals surface area contributed by atoms with E-state index < -0.39 is 16.1 Å². The van der Waals surface area contributed by atoms with Crippen LogP contribution in [0.2, 0.25) is 0 Å². The topological polar surface area (TPSA) is 6.48 Å². The van der Waals surface area contributed by atoms with Gasteiger partial charge in [-0.25, -0.2) is 0 Å². The van der Waals surface area contributed by atoms with Gasteiger partial charge in [-0.2, -0.15) is 0 Å². The standard InChI is InChI=1S/C39H39BN2P2/c1-4-17-39(34-28-26-32(2)27-29-34)33(3)40-41(43(35-18-9-5-10-19-35)36-20-11-6-12-21-36)30-31-42(40)44(37-22-13-7-14-23-37)38-24-15-8-16-25-38/h4-16,18-29H,1,17,30-31H2,2-3H3/b39-33-. The van der Waals surface area contributed by atoms with Crippen molar-refractivity contribution in [2.24, 2.45) is 0 Å². The minimum atomic E-state index is -0.779. The van der Waals surface area contributed by atoms with E-state index in [-0.39, 0.29) is 6.98 Å². The first-order chi connectivity index (χ1) is 21.7. The minimum Gasteiger partial charge on any atom is -0.294 e. The van der Waals surface area contributed by atoms with E-state index in [0.717, 1.165) is 19.5 Å². The Kier molecular flexibility index (Phi) is 10.0. The van der Waals surface area contributed by atoms with Crippen LogP contribution in [-0.2, 0) is 0 Å². The summed E-state index contributed by atoms with van der Waals surface area (Å²) in [6.45, 7) is 10.8. The van der Waals surface area contributed by atoms with E-state index in [0.29, 0.717) is 0 Å². The molecule has 0 atom stereocenters. The Morgan fingerprint density at radius 1 is 0.614 bits per heavy atom. The molecule has 0 radical (unpaired) electrons. The fourth-order valence-electron chi connectivity index (χ4n) is 6.20. The van der Waals surface area contributed by atoms with Crippen LogP contribution in [0.3, 0.4) is 0 Å². The molecule has 0 bridgehead atoms. The van der Waals surface area contributed by atoms with Crippen molar-refractivity contribution < 1.29 is 0 Å². The highest BCUT2D eigenvalue weighted by atomic mass is 31.1. The number of benzene rings is 5. The number of nitrogens with zero attached hydrogens (tertiary/aromatic N) is 2. The monoisotopic (exact) mass is 608 g/mol. The molecule has 0 aromatic heterocycles. The lowest BCUT2D eigenvalue weighted by Gasteiger charge is -2.38. The van der Waals surface area contributed by atoms with Gasteiger partial charge in [-0.3, -0.25) is 9.16 Å². The minimum absolute atomic E-state index is 0.115. The van der Waals surface area contributed by atoms with E-state index in [1.165, 1.54) is 43.4 Å². The van der Waals surface area contributed by atoms with Gasteiger partial charge in [-0.1, -0.05) is 163 Å². The molecular formula is C39H39BN2P2. The molecule has 0 amide bonds. The van der Waals surface area contributed by atoms with Gasteiger partial charge in [0.2, 0.25) is 0 Å². The molecule has 0 spiro atoms. The molecular weight excluding hydrogens is 569 g/mol. The lowest BCUT2D eigenvalue weighted by molar-refractivity contribution is 0.704. The second-order valence-corrected chi connectivity index (χ2v) is 15.5. The first-order valence-corrected chi connectivity index (χ1v) is 18.0. The Hall–Kier alpha value is -3.58. The molecule has 5 aromatic rings. The first-order valence-electron chi connectivity index (χ1n) is 15.4. The maximum absolute atomic E-state index is 4.20. The van der Waals surface area contributed by atoms with E-state index in [2.05, 4.69) is 181 Å². The summed E-state index contributed by atoms with van der Waals surface area (Å²) in [7, 11) is -1.56. The Morgan fingerprint density at radius 3 is 1.32 bits per heavy atom. The van der Waals surface area contributed by atoms with Gasteiger partial charge in [0.05, 0.1) is 0 Å². The fraction of sp³-hybridized carbons (Fsp3) is 0.128. The molecule has 1 saturated heterocycles. The van der Waals surface area contributed by atoms with Crippen molar-refractivity contribution in [2.75, 3.05) is 13.1 Å². The highest BCUT2D eigenvalue weighted by Crippen LogP contribution is 2.51. The van der Waals surface area contributed by atoms with Gasteiger partial charge < -0.3 is 0 Å². The van der Waals surface area contributed by atoms with Crippen molar-refractivity contribution in [3.63, 3.8) is 0 Å². The van der Waals surface area contributed by atoms with Crippen LogP contribution in [0.4, 0.5) is 0 Å². The molecule has 0 aliphatic carbocycles. The summed E-state index contributed by atoms with van der Waals surface area (Å²) in [5, 5.41) is 5.55. The summed E-state index contributed by atoms with van der Waals surface area (Å²) in [6, 6.07) is 53.6. The molecule has 1 aliphatic heterocycles. The van der Waals surface area contributed by atoms with Crippen molar-refractivity contribution in [3.8, 4) is 0 Å². The van der Waals surface area contributed by atoms with Gasteiger partial charge in [0.25, 0.3) is 0 Å². The van der Waals surface area contributed by atoms with Crippen LogP contribution in [0, 0.1) is 6.92 Å². The predicted molar refractivity (Wildman–Crippen MR) is 196 cm³/mol. The third-order valence-electron chi connectivity index (χ3n) is 8.25. The van der Waals surface area contributed by atoms with E-state index >= 15 is 0 Å². The summed E-state index contributed by atoms with van der Waals surface area (Å²) in [5.41, 5.74) is 5.34. The van der Waals surface area contributed by atoms with Gasteiger partial charge in [-0.05, 0) is 52.6 Å². The van der Waals surface area contributed by atoms with Gasteiger partial charge >= 0.3 is 6.98 Å². The van der Waals surface area contributed by atoms with E-state index in [1.54, 1.807) is 0 Å². The van der Waals surface area contributed by atoms with E-state index in [4.69, 9.17) is 0 Å². The Morgan fingerprint density at radius 2 is 0.977 bits per heavy atom. The summed E-state index contributed by atoms with van der Waals surface area (Å²) < 4.78 is 5.63. The molecule has 2 nitrogen and oxygen atoms in total. The maximum Gasteiger partial charge on any atom is 0.350 e. The zero-order chi connectivity index (χ0) is 30.3. The predicted octanol–water partition coefficient (Wildman–Crippen LogP) is 8.09. The second kappa shape index (κ2) is 14.5. The third-order valence-corrected chi connectivity index (χ3v) is 13.3. The fourth-order valence-corrected chi connectivity index (χ4v) is 11.5. The van der Waals surface area contributed by atoms with Crippen LogP contribution in [0.5, 0.6) is 0 Å². The normalized spacial score (nSPS) is 14.7. The molecule has 1 heterocycles. The van der Waals surface area contributed by atoms with Crippen LogP contribution >= 0.6 is 16.1 Å². The van der Waals surface area contributed by atoms with Crippen molar-refractivity contribution >= 4 is 49.9 Å². The first kappa shape index (κ1) is 30.5. The Balaban J connectivity index is 1.57. The zero-order valence-corrected chi connectivity index (χ0v) is 27.4. The van der Waals surface area contributed by atoms with Crippen molar-refractivity contribution in [2.45, 2.75) is 20.3 Å². The lowest BCUT2D eigenvalue weighted by Crippen LogP contribution is -2.46. The lowest BCUT2D eigenvalue weighted by atomic mass is 9.66. The smallest absolute Gasteiger partial charge is 0.294 e. The van der Waals surface area contributed by atoms with Crippen molar-refractivity contribution in [3.05, 3.63) is 175 Å². The molecule has 0 unspecified atom stereocenters. The van der Waals surface area contributed by atoms with Crippen LogP contribution in [-0.4, -0.2) is 29.2 Å². The van der Waals surface area contributed by atoms with Gasteiger partial charge in [0.15, 0.2) is 0 Å². The molecule has 5 heteroatoms. The zero-order valence-electron chi connectivity index (χ0n) is 25.6. The average Bonchev–Trinajstić information content (AvgIpc) is 3.50. The largest absolute Gasteiger partial charge is 0.350 e. The average molecular weight is 609 g/mol. The molecule has 218 valence electrons. The summed E-state index contributed by atoms with van der Waals surface area (Å²) in [5.74, 6) is 0. The summed E-state index contributed by atoms with van der Waals surface area (Å²) in [4.78, 5) is 0. The molecule has 0 N–H and O–H groups in total. The van der Waals surface area contributed by atoms with Crippen LogP contribution in [0.25, 0.3) is 5.57 Å². The number of hydrogen-bond donors (Lipinski definition) is 0. The van der Waals surface area contributed by atoms with Gasteiger partial charge in [0, 0.05) is 29.2 Å². The number of hydrogen-bond acceptors (Lipinski definition) is 2. The van der Waals surface area contributed by atoms with Crippen LogP contribution in [0.15, 0.2) is 164 Å². The maximum atomic E-state index is 4.20. The molecule has 0 saturated carbocycles. The van der Waals surface area contributed by atoms with E-state index in [1.807, 2.05) is 0 Å². The van der Waals surface area contributed by atoms with Gasteiger partial charge in [-0.15, -0.1) is 6.58 Å². The highest BCUT2D eigenvalue weighted by molar-refractivity contribution is 7.74. The molecule has 1 aliphatic rings. The number of allylic oxidation sites excluding steroid dienone is 3. The molecule has 5 aromatic carbocycles. The Bertz CT molecular complexity index is 1510. The quantitative estimate of drug-likeness (QED) is 0.0899. The van der Waals surface area contributed by atoms with Crippen molar-refractivity contribution in [1.29, 1.82) is 0 Å². The number of aryl methyl sites for hydroxylation is 1. The number of rotatable bonds is 10. The second-order valence-electron chi connectivity index (χ2n) is 11.2.